The van der Waals surface area contributed by atoms with Crippen LogP contribution in [0.5, 0.6) is 0 Å². The Morgan fingerprint density at radius 1 is 1.35 bits per heavy atom. The Morgan fingerprint density at radius 3 is 2.88 bits per heavy atom. The van der Waals surface area contributed by atoms with E-state index >= 15 is 0 Å². The highest BCUT2D eigenvalue weighted by Gasteiger charge is 2.43. The van der Waals surface area contributed by atoms with Gasteiger partial charge in [-0.1, -0.05) is 31.2 Å². The van der Waals surface area contributed by atoms with Crippen LogP contribution >= 0.6 is 0 Å². The second-order valence-electron chi connectivity index (χ2n) is 6.28. The Labute approximate surface area is 104 Å². The van der Waals surface area contributed by atoms with E-state index in [0.717, 1.165) is 0 Å². The highest BCUT2D eigenvalue weighted by Crippen LogP contribution is 2.50. The monoisotopic (exact) mass is 229 g/mol. The number of hydrogen-bond acceptors (Lipinski definition) is 1. The van der Waals surface area contributed by atoms with Gasteiger partial charge >= 0.3 is 0 Å². The molecular formula is C16H23N. The maximum Gasteiger partial charge on any atom is 0.00987 e. The van der Waals surface area contributed by atoms with Crippen molar-refractivity contribution in [1.29, 1.82) is 0 Å². The van der Waals surface area contributed by atoms with Crippen LogP contribution < -0.4 is 5.73 Å². The van der Waals surface area contributed by atoms with Crippen molar-refractivity contribution in [2.75, 3.05) is 0 Å². The predicted molar refractivity (Wildman–Crippen MR) is 72.1 cm³/mol. The average Bonchev–Trinajstić information content (AvgIpc) is 3.09. The van der Waals surface area contributed by atoms with Crippen LogP contribution in [-0.2, 0) is 6.42 Å². The molecule has 2 N–H and O–H groups in total. The molecule has 0 heterocycles. The molecule has 17 heavy (non-hydrogen) atoms. The quantitative estimate of drug-likeness (QED) is 0.841. The Kier molecular flexibility index (Phi) is 2.74. The van der Waals surface area contributed by atoms with Gasteiger partial charge in [-0.3, -0.25) is 0 Å². The predicted octanol–water partition coefficient (Wildman–Crippen LogP) is 3.62. The van der Waals surface area contributed by atoms with Crippen LogP contribution in [0.3, 0.4) is 0 Å². The van der Waals surface area contributed by atoms with Crippen molar-refractivity contribution in [1.82, 2.24) is 0 Å². The summed E-state index contributed by atoms with van der Waals surface area (Å²) in [7, 11) is 0. The molecule has 2 aliphatic carbocycles. The zero-order chi connectivity index (χ0) is 11.9. The van der Waals surface area contributed by atoms with Gasteiger partial charge in [-0.15, -0.1) is 0 Å². The highest BCUT2D eigenvalue weighted by atomic mass is 14.7. The third kappa shape index (κ3) is 2.13. The first-order chi connectivity index (χ1) is 8.19. The molecule has 2 aliphatic rings. The minimum atomic E-state index is 0.402. The summed E-state index contributed by atoms with van der Waals surface area (Å²) in [4.78, 5) is 0. The molecule has 0 bridgehead atoms. The summed E-state index contributed by atoms with van der Waals surface area (Å²) in [5, 5.41) is 0. The van der Waals surface area contributed by atoms with E-state index in [1.807, 2.05) is 0 Å². The molecular weight excluding hydrogens is 206 g/mol. The molecule has 1 saturated carbocycles. The number of fused-ring (bicyclic) bond motifs is 1. The third-order valence-corrected chi connectivity index (χ3v) is 4.97. The van der Waals surface area contributed by atoms with Crippen LogP contribution in [0.4, 0.5) is 0 Å². The fourth-order valence-electron chi connectivity index (χ4n) is 3.26. The van der Waals surface area contributed by atoms with E-state index < -0.39 is 0 Å². The fraction of sp³-hybridized carbons (Fsp3) is 0.625. The summed E-state index contributed by atoms with van der Waals surface area (Å²) < 4.78 is 0. The zero-order valence-corrected chi connectivity index (χ0v) is 10.8. The van der Waals surface area contributed by atoms with Crippen LogP contribution in [0.2, 0.25) is 0 Å². The number of rotatable bonds is 3. The van der Waals surface area contributed by atoms with E-state index in [0.29, 0.717) is 17.4 Å². The average molecular weight is 229 g/mol. The van der Waals surface area contributed by atoms with Gasteiger partial charge in [-0.2, -0.15) is 0 Å². The molecule has 92 valence electrons. The topological polar surface area (TPSA) is 26.0 Å². The first kappa shape index (κ1) is 11.3. The summed E-state index contributed by atoms with van der Waals surface area (Å²) in [6, 6.07) is 9.37. The van der Waals surface area contributed by atoms with Crippen molar-refractivity contribution < 1.29 is 0 Å². The minimum absolute atomic E-state index is 0.402. The molecule has 0 spiro atoms. The van der Waals surface area contributed by atoms with Crippen molar-refractivity contribution in [2.45, 2.75) is 57.4 Å². The summed E-state index contributed by atoms with van der Waals surface area (Å²) >= 11 is 0. The molecule has 1 fully saturated rings. The van der Waals surface area contributed by atoms with E-state index in [4.69, 9.17) is 5.73 Å². The molecule has 1 aromatic carbocycles. The summed E-state index contributed by atoms with van der Waals surface area (Å²) in [5.74, 6) is 0.715. The van der Waals surface area contributed by atoms with Crippen LogP contribution in [0, 0.1) is 5.41 Å². The van der Waals surface area contributed by atoms with Gasteiger partial charge in [-0.05, 0) is 61.0 Å². The van der Waals surface area contributed by atoms with Gasteiger partial charge in [0.1, 0.15) is 0 Å². The van der Waals surface area contributed by atoms with Crippen LogP contribution in [0.1, 0.15) is 56.1 Å². The van der Waals surface area contributed by atoms with Crippen LogP contribution in [0.25, 0.3) is 0 Å². The minimum Gasteiger partial charge on any atom is -0.327 e. The number of nitrogens with two attached hydrogens (primary N) is 1. The normalized spacial score (nSPS) is 27.3. The lowest BCUT2D eigenvalue weighted by molar-refractivity contribution is 0.365. The number of hydrogen-bond donors (Lipinski definition) is 1. The maximum absolute atomic E-state index is 6.40. The Hall–Kier alpha value is -0.820. The van der Waals surface area contributed by atoms with Gasteiger partial charge < -0.3 is 5.73 Å². The van der Waals surface area contributed by atoms with Gasteiger partial charge in [-0.25, -0.2) is 0 Å². The lowest BCUT2D eigenvalue weighted by Gasteiger charge is -2.30. The Bertz CT molecular complexity index is 406. The molecule has 0 aliphatic heterocycles. The molecule has 0 amide bonds. The molecule has 2 atom stereocenters. The van der Waals surface area contributed by atoms with E-state index in [-0.39, 0.29) is 0 Å². The standard InChI is InChI=1S/C16H23N/c1-16(9-10-16)15(17)11-13-7-4-6-12-5-2-3-8-14(12)13/h2-3,5,8,13,15H,4,6-7,9-11,17H2,1H3. The van der Waals surface area contributed by atoms with E-state index in [1.165, 1.54) is 38.5 Å². The molecule has 1 heteroatoms. The molecule has 0 radical (unpaired) electrons. The molecule has 1 aromatic rings. The van der Waals surface area contributed by atoms with Crippen molar-refractivity contribution in [2.24, 2.45) is 11.1 Å². The highest BCUT2D eigenvalue weighted by molar-refractivity contribution is 5.32. The van der Waals surface area contributed by atoms with Crippen molar-refractivity contribution in [3.63, 3.8) is 0 Å². The second kappa shape index (κ2) is 4.13. The summed E-state index contributed by atoms with van der Waals surface area (Å²) in [6.07, 6.45) is 7.80. The van der Waals surface area contributed by atoms with Crippen molar-refractivity contribution in [3.8, 4) is 0 Å². The van der Waals surface area contributed by atoms with E-state index in [1.54, 1.807) is 11.1 Å². The van der Waals surface area contributed by atoms with Gasteiger partial charge in [0.15, 0.2) is 0 Å². The zero-order valence-electron chi connectivity index (χ0n) is 10.8. The summed E-state index contributed by atoms with van der Waals surface area (Å²) in [5.41, 5.74) is 10.0. The van der Waals surface area contributed by atoms with Gasteiger partial charge in [0.25, 0.3) is 0 Å². The third-order valence-electron chi connectivity index (χ3n) is 4.97. The fourth-order valence-corrected chi connectivity index (χ4v) is 3.26. The van der Waals surface area contributed by atoms with Crippen LogP contribution in [-0.4, -0.2) is 6.04 Å². The Balaban J connectivity index is 1.76. The van der Waals surface area contributed by atoms with E-state index in [9.17, 15) is 0 Å². The number of benzene rings is 1. The number of aryl methyl sites for hydroxylation is 1. The lowest BCUT2D eigenvalue weighted by atomic mass is 9.77. The van der Waals surface area contributed by atoms with Gasteiger partial charge in [0.05, 0.1) is 0 Å². The molecule has 0 aromatic heterocycles. The smallest absolute Gasteiger partial charge is 0.00987 e. The van der Waals surface area contributed by atoms with E-state index in [2.05, 4.69) is 31.2 Å². The van der Waals surface area contributed by atoms with Gasteiger partial charge in [0.2, 0.25) is 0 Å². The first-order valence-electron chi connectivity index (χ1n) is 7.02. The molecule has 2 unspecified atom stereocenters. The van der Waals surface area contributed by atoms with Crippen LogP contribution in [0.15, 0.2) is 24.3 Å². The molecule has 1 nitrogen and oxygen atoms in total. The first-order valence-corrected chi connectivity index (χ1v) is 7.02. The Morgan fingerprint density at radius 2 is 2.12 bits per heavy atom. The van der Waals surface area contributed by atoms with Crippen molar-refractivity contribution in [3.05, 3.63) is 35.4 Å². The maximum atomic E-state index is 6.40. The van der Waals surface area contributed by atoms with Gasteiger partial charge in [0, 0.05) is 6.04 Å². The summed E-state index contributed by atoms with van der Waals surface area (Å²) in [6.45, 7) is 2.35. The molecule has 3 rings (SSSR count). The molecule has 0 saturated heterocycles. The largest absolute Gasteiger partial charge is 0.327 e. The second-order valence-corrected chi connectivity index (χ2v) is 6.28. The SMILES string of the molecule is CC1(C(N)CC2CCCc3ccccc32)CC1. The van der Waals surface area contributed by atoms with Crippen molar-refractivity contribution >= 4 is 0 Å². The lowest BCUT2D eigenvalue weighted by Crippen LogP contribution is -2.32.